The Morgan fingerprint density at radius 3 is 2.71 bits per heavy atom. The first-order chi connectivity index (χ1) is 6.57. The first kappa shape index (κ1) is 13.6. The fourth-order valence-electron chi connectivity index (χ4n) is 0.855. The molecule has 0 aromatic heterocycles. The number of carbonyl (C=O) groups excluding carboxylic acids is 1. The zero-order valence-corrected chi connectivity index (χ0v) is 9.51. The normalized spacial score (nSPS) is 14.8. The Labute approximate surface area is 87.3 Å². The molecular weight excluding hydrogens is 204 g/mol. The van der Waals surface area contributed by atoms with Crippen LogP contribution in [-0.4, -0.2) is 27.1 Å². The van der Waals surface area contributed by atoms with E-state index in [0.29, 0.717) is 13.0 Å². The summed E-state index contributed by atoms with van der Waals surface area (Å²) in [6.45, 7) is 4.18. The molecule has 0 aromatic carbocycles. The average Bonchev–Trinajstić information content (AvgIpc) is 2.14. The Morgan fingerprint density at radius 1 is 1.57 bits per heavy atom. The molecule has 0 aliphatic carbocycles. The summed E-state index contributed by atoms with van der Waals surface area (Å²) >= 11 is -1.82. The first-order valence-corrected chi connectivity index (χ1v) is 6.09. The quantitative estimate of drug-likeness (QED) is 0.403. The number of esters is 1. The maximum absolute atomic E-state index is 11.2. The third kappa shape index (κ3) is 7.03. The Morgan fingerprint density at radius 2 is 2.21 bits per heavy atom. The van der Waals surface area contributed by atoms with Gasteiger partial charge in [0.15, 0.2) is 11.1 Å². The molecule has 0 aromatic rings. The van der Waals surface area contributed by atoms with Crippen molar-refractivity contribution in [1.82, 2.24) is 0 Å². The third-order valence-electron chi connectivity index (χ3n) is 1.87. The van der Waals surface area contributed by atoms with E-state index in [1.54, 1.807) is 6.92 Å². The lowest BCUT2D eigenvalue weighted by Gasteiger charge is -2.09. The van der Waals surface area contributed by atoms with Crippen molar-refractivity contribution in [3.63, 3.8) is 0 Å². The fraction of sp³-hybridized carbons (Fsp3) is 0.889. The summed E-state index contributed by atoms with van der Waals surface area (Å²) in [6, 6.07) is 0. The number of unbranched alkanes of at least 4 members (excludes halogenated alkanes) is 1. The molecule has 1 N–H and O–H groups in total. The van der Waals surface area contributed by atoms with Crippen LogP contribution in [0.25, 0.3) is 0 Å². The molecule has 4 nitrogen and oxygen atoms in total. The predicted molar refractivity (Wildman–Crippen MR) is 55.3 cm³/mol. The lowest BCUT2D eigenvalue weighted by molar-refractivity contribution is -0.148. The van der Waals surface area contributed by atoms with Crippen LogP contribution in [0.2, 0.25) is 0 Å². The Hall–Kier alpha value is -0.420. The van der Waals surface area contributed by atoms with Crippen LogP contribution in [0.3, 0.4) is 0 Å². The average molecular weight is 222 g/mol. The maximum atomic E-state index is 11.2. The van der Waals surface area contributed by atoms with E-state index in [4.69, 9.17) is 9.29 Å². The Kier molecular flexibility index (Phi) is 7.70. The van der Waals surface area contributed by atoms with E-state index in [0.717, 1.165) is 12.8 Å². The van der Waals surface area contributed by atoms with Crippen LogP contribution in [0.5, 0.6) is 0 Å². The van der Waals surface area contributed by atoms with Crippen molar-refractivity contribution in [2.24, 2.45) is 5.92 Å². The second-order valence-corrected chi connectivity index (χ2v) is 4.29. The van der Waals surface area contributed by atoms with Crippen LogP contribution in [0.4, 0.5) is 0 Å². The highest BCUT2D eigenvalue weighted by molar-refractivity contribution is 7.79. The van der Waals surface area contributed by atoms with Gasteiger partial charge in [-0.25, -0.2) is 4.21 Å². The summed E-state index contributed by atoms with van der Waals surface area (Å²) < 4.78 is 23.8. The molecule has 0 fully saturated rings. The molecule has 0 aliphatic rings. The minimum Gasteiger partial charge on any atom is -0.465 e. The van der Waals surface area contributed by atoms with Crippen LogP contribution in [0.15, 0.2) is 0 Å². The molecule has 2 atom stereocenters. The van der Waals surface area contributed by atoms with E-state index in [2.05, 4.69) is 0 Å². The zero-order valence-electron chi connectivity index (χ0n) is 8.69. The number of hydrogen-bond acceptors (Lipinski definition) is 3. The summed E-state index contributed by atoms with van der Waals surface area (Å²) in [5.74, 6) is -0.434. The van der Waals surface area contributed by atoms with E-state index in [9.17, 15) is 9.00 Å². The summed E-state index contributed by atoms with van der Waals surface area (Å²) in [6.07, 6.45) is 2.25. The highest BCUT2D eigenvalue weighted by Crippen LogP contribution is 2.05. The Bertz CT molecular complexity index is 193. The minimum absolute atomic E-state index is 0.129. The van der Waals surface area contributed by atoms with Crippen molar-refractivity contribution in [2.45, 2.75) is 33.1 Å². The molecular formula is C9H18O4S. The monoisotopic (exact) mass is 222 g/mol. The zero-order chi connectivity index (χ0) is 11.0. The molecule has 0 heterocycles. The maximum Gasteiger partial charge on any atom is 0.308 e. The predicted octanol–water partition coefficient (Wildman–Crippen LogP) is 1.58. The van der Waals surface area contributed by atoms with Crippen LogP contribution in [0.1, 0.15) is 33.1 Å². The molecule has 0 bridgehead atoms. The first-order valence-electron chi connectivity index (χ1n) is 4.82. The van der Waals surface area contributed by atoms with Gasteiger partial charge in [-0.05, 0) is 12.8 Å². The lowest BCUT2D eigenvalue weighted by Crippen LogP contribution is -2.17. The second kappa shape index (κ2) is 7.94. The summed E-state index contributed by atoms with van der Waals surface area (Å²) in [7, 11) is 0. The van der Waals surface area contributed by atoms with Crippen LogP contribution in [0, 0.1) is 5.92 Å². The van der Waals surface area contributed by atoms with Crippen molar-refractivity contribution in [1.29, 1.82) is 0 Å². The van der Waals surface area contributed by atoms with Gasteiger partial charge in [-0.2, -0.15) is 0 Å². The van der Waals surface area contributed by atoms with Crippen LogP contribution >= 0.6 is 0 Å². The van der Waals surface area contributed by atoms with E-state index < -0.39 is 11.1 Å². The molecule has 5 heteroatoms. The van der Waals surface area contributed by atoms with Crippen LogP contribution < -0.4 is 0 Å². The van der Waals surface area contributed by atoms with Crippen LogP contribution in [-0.2, 0) is 20.6 Å². The van der Waals surface area contributed by atoms with Crippen molar-refractivity contribution >= 4 is 17.0 Å². The smallest absolute Gasteiger partial charge is 0.308 e. The van der Waals surface area contributed by atoms with Crippen molar-refractivity contribution in [3.8, 4) is 0 Å². The van der Waals surface area contributed by atoms with Gasteiger partial charge in [0.2, 0.25) is 0 Å². The van der Waals surface area contributed by atoms with Crippen molar-refractivity contribution in [3.05, 3.63) is 0 Å². The number of rotatable bonds is 7. The molecule has 0 radical (unpaired) electrons. The number of hydrogen-bond donors (Lipinski definition) is 1. The van der Waals surface area contributed by atoms with E-state index >= 15 is 0 Å². The lowest BCUT2D eigenvalue weighted by atomic mass is 10.1. The molecule has 2 unspecified atom stereocenters. The molecule has 0 saturated carbocycles. The molecule has 14 heavy (non-hydrogen) atoms. The largest absolute Gasteiger partial charge is 0.465 e. The summed E-state index contributed by atoms with van der Waals surface area (Å²) in [4.78, 5) is 11.2. The second-order valence-electron chi connectivity index (χ2n) is 3.24. The van der Waals surface area contributed by atoms with Gasteiger partial charge in [-0.3, -0.25) is 4.79 Å². The van der Waals surface area contributed by atoms with Crippen molar-refractivity contribution in [2.75, 3.05) is 12.4 Å². The van der Waals surface area contributed by atoms with E-state index in [1.807, 2.05) is 6.92 Å². The van der Waals surface area contributed by atoms with Gasteiger partial charge in [0, 0.05) is 0 Å². The fourth-order valence-corrected chi connectivity index (χ4v) is 1.41. The molecule has 0 spiro atoms. The van der Waals surface area contributed by atoms with E-state index in [-0.39, 0.29) is 17.6 Å². The topological polar surface area (TPSA) is 63.6 Å². The Balaban J connectivity index is 3.59. The van der Waals surface area contributed by atoms with Gasteiger partial charge < -0.3 is 9.29 Å². The van der Waals surface area contributed by atoms with Gasteiger partial charge in [0.1, 0.15) is 0 Å². The van der Waals surface area contributed by atoms with Gasteiger partial charge in [-0.15, -0.1) is 0 Å². The summed E-state index contributed by atoms with van der Waals surface area (Å²) in [5, 5.41) is 0. The summed E-state index contributed by atoms with van der Waals surface area (Å²) in [5.41, 5.74) is 0. The van der Waals surface area contributed by atoms with Gasteiger partial charge in [-0.1, -0.05) is 20.3 Å². The highest BCUT2D eigenvalue weighted by Gasteiger charge is 2.14. The molecule has 0 amide bonds. The van der Waals surface area contributed by atoms with Gasteiger partial charge in [0.05, 0.1) is 18.3 Å². The number of carbonyl (C=O) groups is 1. The number of ether oxygens (including phenoxy) is 1. The highest BCUT2D eigenvalue weighted by atomic mass is 32.2. The molecule has 0 saturated heterocycles. The third-order valence-corrected chi connectivity index (χ3v) is 2.46. The SMILES string of the molecule is CCCCOC(=O)C(C)CCS(=O)O. The van der Waals surface area contributed by atoms with Gasteiger partial charge >= 0.3 is 5.97 Å². The van der Waals surface area contributed by atoms with E-state index in [1.165, 1.54) is 0 Å². The standard InChI is InChI=1S/C9H18O4S/c1-3-4-6-13-9(10)8(2)5-7-14(11)12/h8H,3-7H2,1-2H3,(H,11,12). The molecule has 0 aliphatic heterocycles. The molecule has 84 valence electrons. The van der Waals surface area contributed by atoms with Crippen molar-refractivity contribution < 1.29 is 18.3 Å². The molecule has 0 rings (SSSR count). The minimum atomic E-state index is -1.82. The van der Waals surface area contributed by atoms with Gasteiger partial charge in [0.25, 0.3) is 0 Å².